The van der Waals surface area contributed by atoms with Crippen LogP contribution in [0.25, 0.3) is 0 Å². The van der Waals surface area contributed by atoms with Crippen molar-refractivity contribution in [3.63, 3.8) is 0 Å². The molecule has 0 aromatic carbocycles. The van der Waals surface area contributed by atoms with E-state index in [0.717, 1.165) is 24.4 Å². The van der Waals surface area contributed by atoms with E-state index in [-0.39, 0.29) is 29.4 Å². The molecule has 5 heteroatoms. The van der Waals surface area contributed by atoms with Crippen molar-refractivity contribution in [3.8, 4) is 0 Å². The van der Waals surface area contributed by atoms with Crippen LogP contribution in [0.15, 0.2) is 4.99 Å². The van der Waals surface area contributed by atoms with E-state index in [1.165, 1.54) is 44.9 Å². The summed E-state index contributed by atoms with van der Waals surface area (Å²) in [7, 11) is 1.90. The SMILES string of the molecule is CN=C(NC1CC1C1CCCCC1)NC1C2CCOC2C1(C)C.I. The Kier molecular flexibility index (Phi) is 5.70. The second kappa shape index (κ2) is 7.29. The molecule has 0 amide bonds. The van der Waals surface area contributed by atoms with E-state index in [9.17, 15) is 0 Å². The molecule has 4 nitrogen and oxygen atoms in total. The fraction of sp³-hybridized carbons (Fsp3) is 0.947. The van der Waals surface area contributed by atoms with Gasteiger partial charge < -0.3 is 15.4 Å². The van der Waals surface area contributed by atoms with E-state index >= 15 is 0 Å². The van der Waals surface area contributed by atoms with E-state index in [1.807, 2.05) is 7.05 Å². The first-order valence-electron chi connectivity index (χ1n) is 9.72. The van der Waals surface area contributed by atoms with E-state index in [4.69, 9.17) is 4.74 Å². The molecule has 4 rings (SSSR count). The quantitative estimate of drug-likeness (QED) is 0.395. The van der Waals surface area contributed by atoms with Gasteiger partial charge in [0.15, 0.2) is 5.96 Å². The average Bonchev–Trinajstić information content (AvgIpc) is 3.18. The van der Waals surface area contributed by atoms with Crippen molar-refractivity contribution in [1.82, 2.24) is 10.6 Å². The number of hydrogen-bond acceptors (Lipinski definition) is 2. The van der Waals surface area contributed by atoms with Crippen LogP contribution in [-0.4, -0.2) is 37.8 Å². The third-order valence-electron chi connectivity index (χ3n) is 7.03. The van der Waals surface area contributed by atoms with Gasteiger partial charge in [-0.1, -0.05) is 46.0 Å². The Labute approximate surface area is 164 Å². The number of nitrogens with one attached hydrogen (secondary N) is 2. The first kappa shape index (κ1) is 18.7. The minimum atomic E-state index is 0. The predicted octanol–water partition coefficient (Wildman–Crippen LogP) is 3.55. The Morgan fingerprint density at radius 1 is 1.04 bits per heavy atom. The Balaban J connectivity index is 0.00000169. The molecule has 4 fully saturated rings. The number of halogens is 1. The van der Waals surface area contributed by atoms with Gasteiger partial charge in [0.25, 0.3) is 0 Å². The normalized spacial score (nSPS) is 41.0. The zero-order valence-corrected chi connectivity index (χ0v) is 17.7. The Morgan fingerprint density at radius 3 is 2.50 bits per heavy atom. The van der Waals surface area contributed by atoms with Gasteiger partial charge in [-0.2, -0.15) is 0 Å². The maximum Gasteiger partial charge on any atom is 0.191 e. The summed E-state index contributed by atoms with van der Waals surface area (Å²) in [4.78, 5) is 4.50. The first-order valence-corrected chi connectivity index (χ1v) is 9.72. The lowest BCUT2D eigenvalue weighted by molar-refractivity contribution is -0.106. The van der Waals surface area contributed by atoms with Gasteiger partial charge in [-0.25, -0.2) is 0 Å². The highest BCUT2D eigenvalue weighted by atomic mass is 127. The molecule has 0 spiro atoms. The molecule has 0 radical (unpaired) electrons. The molecule has 24 heavy (non-hydrogen) atoms. The topological polar surface area (TPSA) is 45.7 Å². The lowest BCUT2D eigenvalue weighted by Gasteiger charge is -2.54. The molecule has 5 unspecified atom stereocenters. The van der Waals surface area contributed by atoms with Crippen molar-refractivity contribution < 1.29 is 4.74 Å². The Hall–Kier alpha value is -0.0400. The Bertz CT molecular complexity index is 475. The van der Waals surface area contributed by atoms with Crippen molar-refractivity contribution in [1.29, 1.82) is 0 Å². The monoisotopic (exact) mass is 447 g/mol. The minimum absolute atomic E-state index is 0. The third-order valence-corrected chi connectivity index (χ3v) is 7.03. The van der Waals surface area contributed by atoms with E-state index in [2.05, 4.69) is 29.5 Å². The molecule has 0 aromatic heterocycles. The maximum atomic E-state index is 5.90. The molecule has 0 bridgehead atoms. The van der Waals surface area contributed by atoms with Gasteiger partial charge >= 0.3 is 0 Å². The smallest absolute Gasteiger partial charge is 0.191 e. The average molecular weight is 447 g/mol. The zero-order chi connectivity index (χ0) is 16.0. The standard InChI is InChI=1S/C19H33N3O.HI/c1-19(2)16(13-9-10-23-17(13)19)22-18(20-3)21-15-11-14(15)12-7-5-4-6-8-12;/h12-17H,4-11H2,1-3H3,(H2,20,21,22);1H. The minimum Gasteiger partial charge on any atom is -0.377 e. The number of guanidine groups is 1. The van der Waals surface area contributed by atoms with Crippen molar-refractivity contribution in [2.24, 2.45) is 28.2 Å². The van der Waals surface area contributed by atoms with Crippen LogP contribution in [0.5, 0.6) is 0 Å². The predicted molar refractivity (Wildman–Crippen MR) is 109 cm³/mol. The number of aliphatic imine (C=N–C) groups is 1. The number of hydrogen-bond donors (Lipinski definition) is 2. The maximum absolute atomic E-state index is 5.90. The van der Waals surface area contributed by atoms with Crippen molar-refractivity contribution in [2.45, 2.75) is 77.0 Å². The molecule has 2 N–H and O–H groups in total. The van der Waals surface area contributed by atoms with Gasteiger partial charge in [-0.3, -0.25) is 4.99 Å². The van der Waals surface area contributed by atoms with E-state index in [1.54, 1.807) is 0 Å². The van der Waals surface area contributed by atoms with Crippen molar-refractivity contribution in [2.75, 3.05) is 13.7 Å². The molecule has 0 aromatic rings. The lowest BCUT2D eigenvalue weighted by atomic mass is 9.57. The summed E-state index contributed by atoms with van der Waals surface area (Å²) in [5.41, 5.74) is 0.213. The van der Waals surface area contributed by atoms with Crippen LogP contribution in [0.2, 0.25) is 0 Å². The van der Waals surface area contributed by atoms with Gasteiger partial charge in [0, 0.05) is 37.1 Å². The molecule has 3 aliphatic carbocycles. The second-order valence-corrected chi connectivity index (χ2v) is 8.81. The highest BCUT2D eigenvalue weighted by molar-refractivity contribution is 14.0. The number of fused-ring (bicyclic) bond motifs is 1. The van der Waals surface area contributed by atoms with Crippen LogP contribution < -0.4 is 10.6 Å². The third kappa shape index (κ3) is 3.31. The number of ether oxygens (including phenoxy) is 1. The van der Waals surface area contributed by atoms with Gasteiger partial charge in [0.05, 0.1) is 6.10 Å². The summed E-state index contributed by atoms with van der Waals surface area (Å²) in [6.07, 6.45) is 10.2. The number of nitrogens with zero attached hydrogens (tertiary/aromatic N) is 1. The van der Waals surface area contributed by atoms with Crippen molar-refractivity contribution >= 4 is 29.9 Å². The fourth-order valence-corrected chi connectivity index (χ4v) is 5.57. The van der Waals surface area contributed by atoms with Crippen molar-refractivity contribution in [3.05, 3.63) is 0 Å². The first-order chi connectivity index (χ1) is 11.1. The molecule has 1 saturated heterocycles. The highest BCUT2D eigenvalue weighted by Gasteiger charge is 2.59. The highest BCUT2D eigenvalue weighted by Crippen LogP contribution is 2.52. The second-order valence-electron chi connectivity index (χ2n) is 8.81. The summed E-state index contributed by atoms with van der Waals surface area (Å²) in [6.45, 7) is 5.58. The summed E-state index contributed by atoms with van der Waals surface area (Å²) in [5, 5.41) is 7.42. The summed E-state index contributed by atoms with van der Waals surface area (Å²) in [5.74, 6) is 3.53. The van der Waals surface area contributed by atoms with Crippen LogP contribution in [-0.2, 0) is 4.74 Å². The molecular formula is C19H34IN3O. The number of rotatable bonds is 3. The summed E-state index contributed by atoms with van der Waals surface area (Å²) in [6, 6.07) is 1.15. The van der Waals surface area contributed by atoms with E-state index in [0.29, 0.717) is 24.1 Å². The van der Waals surface area contributed by atoms with Crippen LogP contribution in [0.3, 0.4) is 0 Å². The molecule has 1 heterocycles. The molecular weight excluding hydrogens is 413 g/mol. The van der Waals surface area contributed by atoms with Crippen LogP contribution in [0.1, 0.15) is 58.8 Å². The van der Waals surface area contributed by atoms with Gasteiger partial charge in [0.1, 0.15) is 0 Å². The largest absolute Gasteiger partial charge is 0.377 e. The Morgan fingerprint density at radius 2 is 1.79 bits per heavy atom. The van der Waals surface area contributed by atoms with Crippen LogP contribution in [0.4, 0.5) is 0 Å². The van der Waals surface area contributed by atoms with Crippen LogP contribution >= 0.6 is 24.0 Å². The molecule has 138 valence electrons. The van der Waals surface area contributed by atoms with Gasteiger partial charge in [-0.15, -0.1) is 24.0 Å². The van der Waals surface area contributed by atoms with Gasteiger partial charge in [-0.05, 0) is 24.7 Å². The molecule has 1 aliphatic heterocycles. The lowest BCUT2D eigenvalue weighted by Crippen LogP contribution is -2.68. The molecule has 3 saturated carbocycles. The molecule has 4 aliphatic rings. The summed E-state index contributed by atoms with van der Waals surface area (Å²) < 4.78 is 5.90. The van der Waals surface area contributed by atoms with Crippen LogP contribution in [0, 0.1) is 23.2 Å². The zero-order valence-electron chi connectivity index (χ0n) is 15.4. The summed E-state index contributed by atoms with van der Waals surface area (Å²) >= 11 is 0. The van der Waals surface area contributed by atoms with E-state index < -0.39 is 0 Å². The van der Waals surface area contributed by atoms with Gasteiger partial charge in [0.2, 0.25) is 0 Å². The fourth-order valence-electron chi connectivity index (χ4n) is 5.57. The molecule has 5 atom stereocenters.